The third kappa shape index (κ3) is 1.60. The van der Waals surface area contributed by atoms with Crippen LogP contribution in [0.1, 0.15) is 36.0 Å². The normalized spacial score (nSPS) is 31.6. The average molecular weight is 308 g/mol. The highest BCUT2D eigenvalue weighted by molar-refractivity contribution is 6.72. The van der Waals surface area contributed by atoms with E-state index in [4.69, 9.17) is 5.73 Å². The van der Waals surface area contributed by atoms with Crippen molar-refractivity contribution in [1.82, 2.24) is 5.73 Å². The van der Waals surface area contributed by atoms with Crippen LogP contribution < -0.4 is 5.73 Å². The molecule has 2 nitrogen and oxygen atoms in total. The molecule has 3 aliphatic carbocycles. The molecule has 3 atom stereocenters. The van der Waals surface area contributed by atoms with E-state index in [0.29, 0.717) is 11.8 Å². The maximum atomic E-state index is 12.7. The summed E-state index contributed by atoms with van der Waals surface area (Å²) in [4.78, 5) is 12.7. The SMILES string of the molecule is C[Si](C)=C1C2CCC(C2)C1(C([NH])=O)c1cccc2c1C=CC2. The monoisotopic (exact) mass is 308 g/mol. The van der Waals surface area contributed by atoms with Gasteiger partial charge in [0.2, 0.25) is 0 Å². The van der Waals surface area contributed by atoms with Gasteiger partial charge in [-0.1, -0.05) is 48.6 Å². The van der Waals surface area contributed by atoms with Crippen LogP contribution >= 0.6 is 0 Å². The van der Waals surface area contributed by atoms with Crippen molar-refractivity contribution >= 4 is 25.6 Å². The van der Waals surface area contributed by atoms with Crippen LogP contribution in [0.15, 0.2) is 24.3 Å². The van der Waals surface area contributed by atoms with Crippen molar-refractivity contribution < 1.29 is 4.79 Å². The lowest BCUT2D eigenvalue weighted by molar-refractivity contribution is -0.123. The largest absolute Gasteiger partial charge is 0.272 e. The van der Waals surface area contributed by atoms with Gasteiger partial charge in [0.15, 0.2) is 0 Å². The summed E-state index contributed by atoms with van der Waals surface area (Å²) >= 11 is 0. The second kappa shape index (κ2) is 4.75. The van der Waals surface area contributed by atoms with Crippen LogP contribution in [0.25, 0.3) is 6.08 Å². The number of carbonyl (C=O) groups excluding carboxylic acids is 1. The molecule has 22 heavy (non-hydrogen) atoms. The van der Waals surface area contributed by atoms with E-state index in [2.05, 4.69) is 43.4 Å². The minimum atomic E-state index is -0.705. The molecule has 2 saturated carbocycles. The van der Waals surface area contributed by atoms with Crippen molar-refractivity contribution in [2.75, 3.05) is 0 Å². The molecular formula is C19H22NOSi. The first kappa shape index (κ1) is 14.1. The van der Waals surface area contributed by atoms with Crippen LogP contribution in [-0.4, -0.2) is 19.5 Å². The lowest BCUT2D eigenvalue weighted by atomic mass is 9.66. The van der Waals surface area contributed by atoms with Crippen LogP contribution in [0, 0.1) is 11.8 Å². The molecule has 0 aromatic heterocycles. The van der Waals surface area contributed by atoms with Crippen LogP contribution in [0.3, 0.4) is 0 Å². The summed E-state index contributed by atoms with van der Waals surface area (Å²) in [6.07, 6.45) is 8.80. The van der Waals surface area contributed by atoms with Crippen molar-refractivity contribution in [1.29, 1.82) is 0 Å². The summed E-state index contributed by atoms with van der Waals surface area (Å²) in [5.74, 6) is 0.594. The maximum absolute atomic E-state index is 12.7. The highest BCUT2D eigenvalue weighted by Crippen LogP contribution is 2.56. The molecule has 4 rings (SSSR count). The predicted molar refractivity (Wildman–Crippen MR) is 92.3 cm³/mol. The van der Waals surface area contributed by atoms with E-state index < -0.39 is 13.8 Å². The first-order valence-corrected chi connectivity index (χ1v) is 10.8. The van der Waals surface area contributed by atoms with E-state index in [0.717, 1.165) is 24.8 Å². The third-order valence-electron chi connectivity index (χ3n) is 6.02. The predicted octanol–water partition coefficient (Wildman–Crippen LogP) is 3.24. The van der Waals surface area contributed by atoms with Crippen LogP contribution in [-0.2, 0) is 16.6 Å². The van der Waals surface area contributed by atoms with Crippen molar-refractivity contribution in [3.05, 3.63) is 41.0 Å². The highest BCUT2D eigenvalue weighted by Gasteiger charge is 2.60. The fourth-order valence-electron chi connectivity index (χ4n) is 5.41. The van der Waals surface area contributed by atoms with Gasteiger partial charge in [0, 0.05) is 8.41 Å². The van der Waals surface area contributed by atoms with Crippen molar-refractivity contribution in [3.63, 3.8) is 0 Å². The molecule has 2 bridgehead atoms. The Morgan fingerprint density at radius 1 is 1.32 bits per heavy atom. The zero-order chi connectivity index (χ0) is 15.5. The van der Waals surface area contributed by atoms with E-state index in [1.165, 1.54) is 22.7 Å². The molecule has 0 aliphatic heterocycles. The fraction of sp³-hybridized carbons (Fsp3) is 0.474. The van der Waals surface area contributed by atoms with Crippen molar-refractivity contribution in [2.24, 2.45) is 11.8 Å². The zero-order valence-corrected chi connectivity index (χ0v) is 14.3. The Labute approximate surface area is 133 Å². The van der Waals surface area contributed by atoms with E-state index in [1.807, 2.05) is 0 Å². The summed E-state index contributed by atoms with van der Waals surface area (Å²) in [5.41, 5.74) is 11.3. The number of carbonyl (C=O) groups is 1. The average Bonchev–Trinajstić information content (AvgIpc) is 3.19. The molecule has 2 fully saturated rings. The molecular weight excluding hydrogens is 286 g/mol. The highest BCUT2D eigenvalue weighted by atomic mass is 28.2. The van der Waals surface area contributed by atoms with Crippen LogP contribution in [0.5, 0.6) is 0 Å². The number of benzene rings is 1. The Balaban J connectivity index is 2.04. The molecule has 0 saturated heterocycles. The van der Waals surface area contributed by atoms with Gasteiger partial charge in [-0.25, -0.2) is 0 Å². The molecule has 1 radical (unpaired) electrons. The number of allylic oxidation sites excluding steroid dienone is 1. The number of fused-ring (bicyclic) bond motifs is 3. The summed E-state index contributed by atoms with van der Waals surface area (Å²) < 4.78 is 0. The van der Waals surface area contributed by atoms with Gasteiger partial charge in [0.05, 0.1) is 5.41 Å². The smallest absolute Gasteiger partial charge is 0.253 e. The standard InChI is InChI=1S/C19H22NOSi/c1-22(2)17-13-9-10-14(11-13)19(17,18(20)21)16-8-4-6-12-5-3-7-15(12)16/h3-4,6-8,13-14,20H,5,9-11H2,1-2H3. The van der Waals surface area contributed by atoms with Gasteiger partial charge in [-0.05, 0) is 54.2 Å². The first-order chi connectivity index (χ1) is 10.6. The summed E-state index contributed by atoms with van der Waals surface area (Å²) in [7, 11) is -0.705. The summed E-state index contributed by atoms with van der Waals surface area (Å²) in [5, 5.41) is 1.45. The molecule has 3 unspecified atom stereocenters. The fourth-order valence-corrected chi connectivity index (χ4v) is 7.73. The number of nitrogens with one attached hydrogen (secondary N) is 1. The summed E-state index contributed by atoms with van der Waals surface area (Å²) in [6, 6.07) is 6.39. The minimum absolute atomic E-state index is 0.352. The van der Waals surface area contributed by atoms with Gasteiger partial charge in [0.1, 0.15) is 0 Å². The third-order valence-corrected chi connectivity index (χ3v) is 7.90. The van der Waals surface area contributed by atoms with Gasteiger partial charge in [-0.15, -0.1) is 0 Å². The van der Waals surface area contributed by atoms with Crippen molar-refractivity contribution in [2.45, 2.75) is 44.2 Å². The quantitative estimate of drug-likeness (QED) is 0.773. The van der Waals surface area contributed by atoms with Crippen LogP contribution in [0.2, 0.25) is 13.1 Å². The molecule has 3 aliphatic rings. The van der Waals surface area contributed by atoms with Crippen LogP contribution in [0.4, 0.5) is 0 Å². The van der Waals surface area contributed by atoms with Gasteiger partial charge in [0.25, 0.3) is 5.91 Å². The zero-order valence-electron chi connectivity index (χ0n) is 13.3. The number of hydrogen-bond acceptors (Lipinski definition) is 1. The van der Waals surface area contributed by atoms with Crippen molar-refractivity contribution in [3.8, 4) is 0 Å². The molecule has 3 heteroatoms. The number of hydrogen-bond donors (Lipinski definition) is 0. The molecule has 0 spiro atoms. The minimum Gasteiger partial charge on any atom is -0.272 e. The number of amides is 1. The van der Waals surface area contributed by atoms with Gasteiger partial charge >= 0.3 is 0 Å². The Morgan fingerprint density at radius 2 is 2.14 bits per heavy atom. The van der Waals surface area contributed by atoms with E-state index in [1.54, 1.807) is 0 Å². The second-order valence-electron chi connectivity index (χ2n) is 7.24. The Hall–Kier alpha value is -1.48. The molecule has 0 heterocycles. The lowest BCUT2D eigenvalue weighted by Crippen LogP contribution is -2.51. The van der Waals surface area contributed by atoms with E-state index in [-0.39, 0.29) is 5.91 Å². The molecule has 113 valence electrons. The van der Waals surface area contributed by atoms with Gasteiger partial charge in [-0.3, -0.25) is 10.5 Å². The van der Waals surface area contributed by atoms with Gasteiger partial charge in [-0.2, -0.15) is 0 Å². The molecule has 1 aromatic rings. The Kier molecular flexibility index (Phi) is 3.05. The lowest BCUT2D eigenvalue weighted by Gasteiger charge is -2.39. The van der Waals surface area contributed by atoms with E-state index in [9.17, 15) is 4.79 Å². The second-order valence-corrected chi connectivity index (χ2v) is 9.78. The molecule has 1 amide bonds. The first-order valence-electron chi connectivity index (χ1n) is 8.29. The maximum Gasteiger partial charge on any atom is 0.253 e. The van der Waals surface area contributed by atoms with Gasteiger partial charge < -0.3 is 0 Å². The Bertz CT molecular complexity index is 729. The summed E-state index contributed by atoms with van der Waals surface area (Å²) in [6.45, 7) is 4.61. The topological polar surface area (TPSA) is 40.9 Å². The molecule has 1 aromatic carbocycles. The Morgan fingerprint density at radius 3 is 2.86 bits per heavy atom. The molecule has 1 N–H and O–H groups in total. The van der Waals surface area contributed by atoms with E-state index >= 15 is 0 Å². The number of rotatable bonds is 2.